The SMILES string of the molecule is N[C@H](c1cccc2[nH]ccc12)[C@@H](O)C(F)(F)F. The molecule has 3 nitrogen and oxygen atoms in total. The number of rotatable bonds is 2. The molecular formula is C11H11F3N2O. The van der Waals surface area contributed by atoms with E-state index in [9.17, 15) is 13.2 Å². The van der Waals surface area contributed by atoms with Gasteiger partial charge < -0.3 is 15.8 Å². The molecule has 0 spiro atoms. The smallest absolute Gasteiger partial charge is 0.382 e. The molecule has 0 aliphatic heterocycles. The van der Waals surface area contributed by atoms with Gasteiger partial charge in [-0.15, -0.1) is 0 Å². The van der Waals surface area contributed by atoms with Crippen LogP contribution in [0.25, 0.3) is 10.9 Å². The maximum Gasteiger partial charge on any atom is 0.416 e. The van der Waals surface area contributed by atoms with E-state index >= 15 is 0 Å². The topological polar surface area (TPSA) is 62.0 Å². The number of nitrogens with two attached hydrogens (primary N) is 1. The first-order valence-electron chi connectivity index (χ1n) is 4.97. The van der Waals surface area contributed by atoms with Crippen molar-refractivity contribution < 1.29 is 18.3 Å². The van der Waals surface area contributed by atoms with Crippen molar-refractivity contribution in [1.82, 2.24) is 4.98 Å². The highest BCUT2D eigenvalue weighted by molar-refractivity contribution is 5.83. The van der Waals surface area contributed by atoms with Crippen molar-refractivity contribution in [3.05, 3.63) is 36.0 Å². The molecule has 2 atom stereocenters. The number of hydrogen-bond donors (Lipinski definition) is 3. The first-order chi connectivity index (χ1) is 7.91. The molecule has 6 heteroatoms. The lowest BCUT2D eigenvalue weighted by Crippen LogP contribution is -2.38. The van der Waals surface area contributed by atoms with Gasteiger partial charge in [0.1, 0.15) is 0 Å². The number of aliphatic hydroxyl groups is 1. The van der Waals surface area contributed by atoms with Crippen molar-refractivity contribution >= 4 is 10.9 Å². The second-order valence-corrected chi connectivity index (χ2v) is 3.80. The normalized spacial score (nSPS) is 16.1. The average molecular weight is 244 g/mol. The van der Waals surface area contributed by atoms with Crippen molar-refractivity contribution in [3.8, 4) is 0 Å². The molecule has 0 radical (unpaired) electrons. The Morgan fingerprint density at radius 3 is 2.59 bits per heavy atom. The van der Waals surface area contributed by atoms with Gasteiger partial charge in [-0.3, -0.25) is 0 Å². The molecule has 0 fully saturated rings. The van der Waals surface area contributed by atoms with E-state index in [1.165, 1.54) is 6.07 Å². The Bertz CT molecular complexity index is 521. The lowest BCUT2D eigenvalue weighted by Gasteiger charge is -2.22. The van der Waals surface area contributed by atoms with Crippen LogP contribution in [0.1, 0.15) is 11.6 Å². The Morgan fingerprint density at radius 1 is 1.24 bits per heavy atom. The molecule has 2 aromatic rings. The van der Waals surface area contributed by atoms with Crippen LogP contribution in [0.15, 0.2) is 30.5 Å². The zero-order valence-electron chi connectivity index (χ0n) is 8.70. The summed E-state index contributed by atoms with van der Waals surface area (Å²) in [6.45, 7) is 0. The minimum Gasteiger partial charge on any atom is -0.382 e. The fourth-order valence-corrected chi connectivity index (χ4v) is 1.77. The number of aromatic amines is 1. The van der Waals surface area contributed by atoms with Crippen LogP contribution in [-0.4, -0.2) is 22.4 Å². The minimum absolute atomic E-state index is 0.272. The molecule has 92 valence electrons. The Kier molecular flexibility index (Phi) is 2.84. The summed E-state index contributed by atoms with van der Waals surface area (Å²) in [4.78, 5) is 2.87. The average Bonchev–Trinajstić information content (AvgIpc) is 2.73. The van der Waals surface area contributed by atoms with Crippen LogP contribution in [0.3, 0.4) is 0 Å². The van der Waals surface area contributed by atoms with Crippen LogP contribution in [0.4, 0.5) is 13.2 Å². The Morgan fingerprint density at radius 2 is 1.94 bits per heavy atom. The lowest BCUT2D eigenvalue weighted by molar-refractivity contribution is -0.210. The van der Waals surface area contributed by atoms with Crippen LogP contribution in [0, 0.1) is 0 Å². The van der Waals surface area contributed by atoms with E-state index < -0.39 is 18.3 Å². The number of hydrogen-bond acceptors (Lipinski definition) is 2. The van der Waals surface area contributed by atoms with Gasteiger partial charge in [-0.1, -0.05) is 12.1 Å². The third kappa shape index (κ3) is 2.13. The lowest BCUT2D eigenvalue weighted by atomic mass is 9.98. The molecule has 0 saturated heterocycles. The van der Waals surface area contributed by atoms with Gasteiger partial charge in [-0.25, -0.2) is 0 Å². The van der Waals surface area contributed by atoms with Gasteiger partial charge in [0.25, 0.3) is 0 Å². The predicted octanol–water partition coefficient (Wildman–Crippen LogP) is 2.09. The summed E-state index contributed by atoms with van der Waals surface area (Å²) in [5, 5.41) is 9.73. The van der Waals surface area contributed by atoms with E-state index in [2.05, 4.69) is 4.98 Å². The Hall–Kier alpha value is -1.53. The minimum atomic E-state index is -4.72. The predicted molar refractivity (Wildman–Crippen MR) is 57.3 cm³/mol. The Labute approximate surface area is 95.0 Å². The standard InChI is InChI=1S/C11H11F3N2O/c12-11(13,14)10(17)9(15)7-2-1-3-8-6(7)4-5-16-8/h1-5,9-10,16-17H,15H2/t9-,10-/m1/s1. The summed E-state index contributed by atoms with van der Waals surface area (Å²) >= 11 is 0. The number of aromatic nitrogens is 1. The molecule has 17 heavy (non-hydrogen) atoms. The quantitative estimate of drug-likeness (QED) is 0.757. The molecule has 0 amide bonds. The van der Waals surface area contributed by atoms with Crippen LogP contribution in [0.2, 0.25) is 0 Å². The maximum atomic E-state index is 12.4. The fraction of sp³-hybridized carbons (Fsp3) is 0.273. The second kappa shape index (κ2) is 4.05. The number of fused-ring (bicyclic) bond motifs is 1. The van der Waals surface area contributed by atoms with Crippen LogP contribution < -0.4 is 5.73 Å². The molecule has 0 unspecified atom stereocenters. The molecule has 4 N–H and O–H groups in total. The third-order valence-electron chi connectivity index (χ3n) is 2.66. The van der Waals surface area contributed by atoms with Gasteiger partial charge >= 0.3 is 6.18 Å². The van der Waals surface area contributed by atoms with Crippen molar-refractivity contribution in [2.24, 2.45) is 5.73 Å². The molecule has 2 rings (SSSR count). The first-order valence-corrected chi connectivity index (χ1v) is 4.97. The van der Waals surface area contributed by atoms with E-state index in [4.69, 9.17) is 10.8 Å². The molecule has 0 aliphatic rings. The highest BCUT2D eigenvalue weighted by atomic mass is 19.4. The molecule has 1 aromatic heterocycles. The van der Waals surface area contributed by atoms with Crippen LogP contribution >= 0.6 is 0 Å². The van der Waals surface area contributed by atoms with E-state index in [0.29, 0.717) is 10.9 Å². The molecular weight excluding hydrogens is 233 g/mol. The van der Waals surface area contributed by atoms with E-state index in [-0.39, 0.29) is 5.56 Å². The van der Waals surface area contributed by atoms with Crippen molar-refractivity contribution in [3.63, 3.8) is 0 Å². The number of alkyl halides is 3. The monoisotopic (exact) mass is 244 g/mol. The summed E-state index contributed by atoms with van der Waals surface area (Å²) in [6, 6.07) is 4.95. The van der Waals surface area contributed by atoms with Gasteiger partial charge in [0, 0.05) is 17.1 Å². The van der Waals surface area contributed by atoms with E-state index in [1.54, 1.807) is 24.4 Å². The first kappa shape index (κ1) is 11.9. The fourth-order valence-electron chi connectivity index (χ4n) is 1.77. The number of nitrogens with one attached hydrogen (secondary N) is 1. The summed E-state index contributed by atoms with van der Waals surface area (Å²) in [7, 11) is 0. The summed E-state index contributed by atoms with van der Waals surface area (Å²) in [5.41, 5.74) is 6.43. The van der Waals surface area contributed by atoms with Crippen molar-refractivity contribution in [2.75, 3.05) is 0 Å². The summed E-state index contributed by atoms with van der Waals surface area (Å²) < 4.78 is 37.1. The number of H-pyrrole nitrogens is 1. The van der Waals surface area contributed by atoms with E-state index in [1.807, 2.05) is 0 Å². The summed E-state index contributed by atoms with van der Waals surface area (Å²) in [5.74, 6) is 0. The Balaban J connectivity index is 2.43. The third-order valence-corrected chi connectivity index (χ3v) is 2.66. The molecule has 1 aromatic carbocycles. The van der Waals surface area contributed by atoms with E-state index in [0.717, 1.165) is 0 Å². The highest BCUT2D eigenvalue weighted by Crippen LogP contribution is 2.31. The van der Waals surface area contributed by atoms with Gasteiger partial charge in [0.2, 0.25) is 0 Å². The second-order valence-electron chi connectivity index (χ2n) is 3.80. The molecule has 0 bridgehead atoms. The van der Waals surface area contributed by atoms with Crippen LogP contribution in [-0.2, 0) is 0 Å². The van der Waals surface area contributed by atoms with Gasteiger partial charge in [0.15, 0.2) is 6.10 Å². The van der Waals surface area contributed by atoms with Gasteiger partial charge in [0.05, 0.1) is 6.04 Å². The maximum absolute atomic E-state index is 12.4. The number of benzene rings is 1. The van der Waals surface area contributed by atoms with Gasteiger partial charge in [-0.2, -0.15) is 13.2 Å². The molecule has 0 saturated carbocycles. The zero-order chi connectivity index (χ0) is 12.6. The largest absolute Gasteiger partial charge is 0.416 e. The van der Waals surface area contributed by atoms with Crippen molar-refractivity contribution in [1.29, 1.82) is 0 Å². The molecule has 1 heterocycles. The number of halogens is 3. The van der Waals surface area contributed by atoms with Crippen LogP contribution in [0.5, 0.6) is 0 Å². The van der Waals surface area contributed by atoms with Gasteiger partial charge in [-0.05, 0) is 17.7 Å². The highest BCUT2D eigenvalue weighted by Gasteiger charge is 2.43. The van der Waals surface area contributed by atoms with Crippen molar-refractivity contribution in [2.45, 2.75) is 18.3 Å². The number of aliphatic hydroxyl groups excluding tert-OH is 1. The molecule has 0 aliphatic carbocycles. The summed E-state index contributed by atoms with van der Waals surface area (Å²) in [6.07, 6.45) is -5.68. The zero-order valence-corrected chi connectivity index (χ0v) is 8.70.